The molecular weight excluding hydrogens is 802 g/mol. The summed E-state index contributed by atoms with van der Waals surface area (Å²) in [4.78, 5) is 78.2. The van der Waals surface area contributed by atoms with E-state index >= 15 is 4.79 Å². The van der Waals surface area contributed by atoms with Crippen LogP contribution in [0.2, 0.25) is 0 Å². The van der Waals surface area contributed by atoms with E-state index in [1.54, 1.807) is 36.4 Å². The number of nitrogens with zero attached hydrogens (tertiary/aromatic N) is 3. The Morgan fingerprint density at radius 2 is 1.14 bits per heavy atom. The minimum absolute atomic E-state index is 0.0968. The topological polar surface area (TPSA) is 206 Å². The number of thioether (sulfide) groups is 1. The number of carbonyl (C=O) groups is 4. The molecule has 302 valence electrons. The first-order chi connectivity index (χ1) is 28.4. The molecule has 59 heavy (non-hydrogen) atoms. The SMILES string of the molecule is C[C@@H](OC(=O)OCc1ccc([N+](=O)[O-])cc1)[C@H]1C(=O)N(C(C(=O)OCc2ccc([N+](=O)[O-])cc2)=P(c2ccccc2)(c2ccccc2)c2ccccc2)[C@@H]1SC(=O)CO. The highest BCUT2D eigenvalue weighted by Crippen LogP contribution is 2.51. The molecule has 1 heterocycles. The Kier molecular flexibility index (Phi) is 13.4. The Labute approximate surface area is 341 Å². The number of nitro groups is 2. The molecule has 5 aromatic rings. The second-order valence-corrected chi connectivity index (χ2v) is 17.5. The first-order valence-corrected chi connectivity index (χ1v) is 20.7. The van der Waals surface area contributed by atoms with E-state index < -0.39 is 63.9 Å². The number of hydrogen-bond acceptors (Lipinski definition) is 13. The maximum absolute atomic E-state index is 15.1. The average molecular weight is 838 g/mol. The summed E-state index contributed by atoms with van der Waals surface area (Å²) in [6, 6.07) is 38.1. The Hall–Kier alpha value is -6.61. The Morgan fingerprint density at radius 3 is 1.54 bits per heavy atom. The van der Waals surface area contributed by atoms with Crippen molar-refractivity contribution in [3.63, 3.8) is 0 Å². The van der Waals surface area contributed by atoms with Crippen LogP contribution in [0.25, 0.3) is 0 Å². The van der Waals surface area contributed by atoms with Gasteiger partial charge in [0.2, 0.25) is 11.0 Å². The number of benzene rings is 5. The molecule has 17 heteroatoms. The van der Waals surface area contributed by atoms with Crippen molar-refractivity contribution in [3.8, 4) is 0 Å². The molecule has 1 amide bonds. The van der Waals surface area contributed by atoms with Crippen LogP contribution in [0.4, 0.5) is 16.2 Å². The number of non-ortho nitro benzene ring substituents is 2. The molecule has 1 fully saturated rings. The van der Waals surface area contributed by atoms with Crippen LogP contribution in [-0.4, -0.2) is 66.5 Å². The van der Waals surface area contributed by atoms with E-state index in [4.69, 9.17) is 14.2 Å². The maximum Gasteiger partial charge on any atom is 0.508 e. The highest BCUT2D eigenvalue weighted by Gasteiger charge is 2.57. The third kappa shape index (κ3) is 9.10. The van der Waals surface area contributed by atoms with Crippen LogP contribution in [0.1, 0.15) is 18.1 Å². The number of aliphatic hydroxyl groups excluding tert-OH is 1. The summed E-state index contributed by atoms with van der Waals surface area (Å²) in [6.45, 7) is -3.56. The molecule has 5 aromatic carbocycles. The molecule has 1 saturated heterocycles. The molecule has 1 aliphatic rings. The standard InChI is InChI=1S/C42H36N3O12PS/c1-28(57-42(50)56-27-30-19-23-32(24-20-30)45(53)54)37-38(48)43(40(37)59-36(47)25-46)39(41(49)55-26-29-17-21-31(22-18-29)44(51)52)58(33-11-5-2-6-12-33,34-13-7-3-8-14-34)35-15-9-4-10-16-35/h2-24,28,37,40,46H,25-27H2,1H3/t28-,37+,40-/m1/s1. The fourth-order valence-electron chi connectivity index (χ4n) is 6.65. The van der Waals surface area contributed by atoms with E-state index in [2.05, 4.69) is 0 Å². The lowest BCUT2D eigenvalue weighted by Gasteiger charge is -2.50. The van der Waals surface area contributed by atoms with E-state index in [0.717, 1.165) is 0 Å². The number of aliphatic hydroxyl groups is 1. The van der Waals surface area contributed by atoms with Crippen LogP contribution in [0, 0.1) is 26.1 Å². The largest absolute Gasteiger partial charge is 0.508 e. The zero-order valence-corrected chi connectivity index (χ0v) is 33.0. The third-order valence-electron chi connectivity index (χ3n) is 9.43. The number of amides is 1. The lowest BCUT2D eigenvalue weighted by molar-refractivity contribution is -0.385. The number of ether oxygens (including phenoxy) is 3. The van der Waals surface area contributed by atoms with E-state index in [9.17, 15) is 39.7 Å². The minimum Gasteiger partial charge on any atom is -0.456 e. The molecule has 0 radical (unpaired) electrons. The zero-order valence-electron chi connectivity index (χ0n) is 31.3. The molecule has 0 saturated carbocycles. The van der Waals surface area contributed by atoms with Gasteiger partial charge in [-0.1, -0.05) is 103 Å². The summed E-state index contributed by atoms with van der Waals surface area (Å²) in [5, 5.41) is 32.3. The van der Waals surface area contributed by atoms with Gasteiger partial charge in [0.05, 0.1) is 9.85 Å². The molecule has 0 spiro atoms. The molecule has 6 rings (SSSR count). The van der Waals surface area contributed by atoms with Crippen molar-refractivity contribution < 1.29 is 48.3 Å². The van der Waals surface area contributed by atoms with Crippen molar-refractivity contribution in [2.24, 2.45) is 5.92 Å². The van der Waals surface area contributed by atoms with Gasteiger partial charge in [-0.05, 0) is 58.2 Å². The van der Waals surface area contributed by atoms with Crippen molar-refractivity contribution in [1.29, 1.82) is 0 Å². The fraction of sp³-hybridized carbons (Fsp3) is 0.167. The first kappa shape index (κ1) is 42.0. The highest BCUT2D eigenvalue weighted by molar-refractivity contribution is 8.14. The molecule has 0 unspecified atom stereocenters. The first-order valence-electron chi connectivity index (χ1n) is 18.0. The molecule has 3 atom stereocenters. The van der Waals surface area contributed by atoms with Gasteiger partial charge in [-0.25, -0.2) is 9.59 Å². The summed E-state index contributed by atoms with van der Waals surface area (Å²) in [7, 11) is 0. The van der Waals surface area contributed by atoms with Gasteiger partial charge >= 0.3 is 12.1 Å². The highest BCUT2D eigenvalue weighted by atomic mass is 32.2. The smallest absolute Gasteiger partial charge is 0.456 e. The molecule has 0 bridgehead atoms. The summed E-state index contributed by atoms with van der Waals surface area (Å²) < 4.78 is 16.8. The van der Waals surface area contributed by atoms with Gasteiger partial charge in [0.15, 0.2) is 0 Å². The zero-order chi connectivity index (χ0) is 42.1. The lowest BCUT2D eigenvalue weighted by Crippen LogP contribution is -2.67. The Morgan fingerprint density at radius 1 is 0.712 bits per heavy atom. The Bertz CT molecular complexity index is 2300. The average Bonchev–Trinajstić information content (AvgIpc) is 3.25. The van der Waals surface area contributed by atoms with Gasteiger partial charge in [0, 0.05) is 31.2 Å². The molecule has 1 aliphatic heterocycles. The van der Waals surface area contributed by atoms with Crippen LogP contribution >= 0.6 is 18.6 Å². The second kappa shape index (κ2) is 18.8. The van der Waals surface area contributed by atoms with E-state index in [0.29, 0.717) is 38.8 Å². The number of nitro benzene ring substituents is 2. The summed E-state index contributed by atoms with van der Waals surface area (Å²) in [5.74, 6) is -2.82. The van der Waals surface area contributed by atoms with Crippen LogP contribution in [-0.2, 0) is 41.8 Å². The van der Waals surface area contributed by atoms with Crippen molar-refractivity contribution in [2.75, 3.05) is 6.61 Å². The summed E-state index contributed by atoms with van der Waals surface area (Å²) >= 11 is 0.596. The predicted molar refractivity (Wildman–Crippen MR) is 221 cm³/mol. The van der Waals surface area contributed by atoms with Gasteiger partial charge in [-0.3, -0.25) is 34.7 Å². The third-order valence-corrected chi connectivity index (χ3v) is 14.8. The second-order valence-electron chi connectivity index (χ2n) is 13.1. The normalized spacial score (nSPS) is 15.3. The number of likely N-dealkylation sites (tertiary alicyclic amines) is 1. The summed E-state index contributed by atoms with van der Waals surface area (Å²) in [6.07, 6.45) is -2.38. The fourth-order valence-corrected chi connectivity index (χ4v) is 12.2. The molecule has 1 N–H and O–H groups in total. The van der Waals surface area contributed by atoms with Gasteiger partial charge in [0.1, 0.15) is 42.6 Å². The van der Waals surface area contributed by atoms with Crippen molar-refractivity contribution in [1.82, 2.24) is 4.90 Å². The van der Waals surface area contributed by atoms with Crippen molar-refractivity contribution in [2.45, 2.75) is 31.6 Å². The Balaban J connectivity index is 1.46. The van der Waals surface area contributed by atoms with Crippen LogP contribution in [0.3, 0.4) is 0 Å². The predicted octanol–water partition coefficient (Wildman–Crippen LogP) is 5.45. The van der Waals surface area contributed by atoms with Crippen molar-refractivity contribution in [3.05, 3.63) is 171 Å². The number of esters is 1. The monoisotopic (exact) mass is 837 g/mol. The summed E-state index contributed by atoms with van der Waals surface area (Å²) in [5.41, 5.74) is 0.452. The maximum atomic E-state index is 15.1. The van der Waals surface area contributed by atoms with Crippen LogP contribution in [0.15, 0.2) is 140 Å². The number of β-lactam (4-membered cyclic amide) rings is 1. The van der Waals surface area contributed by atoms with Gasteiger partial charge < -0.3 is 19.3 Å². The van der Waals surface area contributed by atoms with Crippen molar-refractivity contribution >= 4 is 74.5 Å². The number of hydrogen-bond donors (Lipinski definition) is 1. The van der Waals surface area contributed by atoms with Gasteiger partial charge in [-0.2, -0.15) is 0 Å². The molecule has 0 aromatic heterocycles. The van der Waals surface area contributed by atoms with E-state index in [1.807, 2.05) is 54.6 Å². The number of rotatable bonds is 15. The lowest BCUT2D eigenvalue weighted by atomic mass is 9.92. The molecular formula is C42H36N3O12PS. The number of carbonyl (C=O) groups excluding carboxylic acids is 4. The van der Waals surface area contributed by atoms with Crippen LogP contribution < -0.4 is 15.9 Å². The van der Waals surface area contributed by atoms with E-state index in [1.165, 1.54) is 60.4 Å². The minimum atomic E-state index is -3.45. The van der Waals surface area contributed by atoms with Crippen LogP contribution in [0.5, 0.6) is 0 Å². The quantitative estimate of drug-likeness (QED) is 0.0459. The van der Waals surface area contributed by atoms with E-state index in [-0.39, 0.29) is 30.0 Å². The molecule has 0 aliphatic carbocycles. The van der Waals surface area contributed by atoms with Gasteiger partial charge in [-0.15, -0.1) is 0 Å². The van der Waals surface area contributed by atoms with Gasteiger partial charge in [0.25, 0.3) is 11.4 Å². The molecule has 15 nitrogen and oxygen atoms in total.